The molecule has 3 aromatic rings. The van der Waals surface area contributed by atoms with E-state index in [0.29, 0.717) is 27.9 Å². The van der Waals surface area contributed by atoms with Gasteiger partial charge in [-0.05, 0) is 49.2 Å². The number of aryl methyl sites for hydroxylation is 2. The Morgan fingerprint density at radius 3 is 2.58 bits per heavy atom. The number of rotatable bonds is 4. The van der Waals surface area contributed by atoms with Gasteiger partial charge in [-0.1, -0.05) is 47.5 Å². The minimum Gasteiger partial charge on any atom is -0.323 e. The Bertz CT molecular complexity index is 1190. The fourth-order valence-electron chi connectivity index (χ4n) is 3.36. The van der Waals surface area contributed by atoms with Gasteiger partial charge in [0.15, 0.2) is 5.82 Å². The van der Waals surface area contributed by atoms with Gasteiger partial charge in [0.2, 0.25) is 11.8 Å². The van der Waals surface area contributed by atoms with Crippen molar-refractivity contribution < 1.29 is 9.59 Å². The molecule has 0 bridgehead atoms. The van der Waals surface area contributed by atoms with Crippen molar-refractivity contribution in [1.29, 1.82) is 0 Å². The molecule has 0 spiro atoms. The number of carbonyl (C=O) groups excluding carboxylic acids is 2. The molecular formula is C24H21ClN4O2. The molecule has 0 radical (unpaired) electrons. The van der Waals surface area contributed by atoms with Crippen LogP contribution in [0, 0.1) is 13.8 Å². The third-order valence-corrected chi connectivity index (χ3v) is 5.29. The lowest BCUT2D eigenvalue weighted by molar-refractivity contribution is -0.120. The standard InChI is InChI=1S/C24H21ClN4O2/c1-15-5-8-17(9-6-15)21-13-23(31)29(24-20(27-21)4-3-11-26-24)14-22(30)28-19-10-7-16(2)12-18(19)25/h3-12H,13-14H2,1-2H3,(H,28,30). The number of benzene rings is 2. The van der Waals surface area contributed by atoms with Crippen molar-refractivity contribution in [3.05, 3.63) is 82.5 Å². The number of anilines is 2. The molecule has 7 heteroatoms. The first-order valence-corrected chi connectivity index (χ1v) is 10.2. The highest BCUT2D eigenvalue weighted by Gasteiger charge is 2.27. The molecule has 1 N–H and O–H groups in total. The average Bonchev–Trinajstić information content (AvgIpc) is 2.87. The van der Waals surface area contributed by atoms with E-state index in [-0.39, 0.29) is 24.8 Å². The number of amides is 2. The fourth-order valence-corrected chi connectivity index (χ4v) is 3.64. The van der Waals surface area contributed by atoms with E-state index >= 15 is 0 Å². The molecule has 31 heavy (non-hydrogen) atoms. The summed E-state index contributed by atoms with van der Waals surface area (Å²) in [6.45, 7) is 3.73. The highest BCUT2D eigenvalue weighted by molar-refractivity contribution is 6.33. The predicted octanol–water partition coefficient (Wildman–Crippen LogP) is 4.85. The average molecular weight is 433 g/mol. The highest BCUT2D eigenvalue weighted by atomic mass is 35.5. The monoisotopic (exact) mass is 432 g/mol. The van der Waals surface area contributed by atoms with Gasteiger partial charge < -0.3 is 5.32 Å². The quantitative estimate of drug-likeness (QED) is 0.640. The SMILES string of the molecule is Cc1ccc(C2=Nc3cccnc3N(CC(=O)Nc3ccc(C)cc3Cl)C(=O)C2)cc1. The predicted molar refractivity (Wildman–Crippen MR) is 123 cm³/mol. The zero-order valence-corrected chi connectivity index (χ0v) is 18.0. The van der Waals surface area contributed by atoms with Crippen molar-refractivity contribution in [2.45, 2.75) is 20.3 Å². The van der Waals surface area contributed by atoms with Gasteiger partial charge in [-0.3, -0.25) is 14.5 Å². The highest BCUT2D eigenvalue weighted by Crippen LogP contribution is 2.31. The lowest BCUT2D eigenvalue weighted by atomic mass is 10.1. The maximum Gasteiger partial charge on any atom is 0.244 e. The third kappa shape index (κ3) is 4.64. The summed E-state index contributed by atoms with van der Waals surface area (Å²) in [5.74, 6) is -0.254. The van der Waals surface area contributed by atoms with Crippen molar-refractivity contribution >= 4 is 46.3 Å². The minimum absolute atomic E-state index is 0.0674. The zero-order chi connectivity index (χ0) is 22.0. The van der Waals surface area contributed by atoms with Crippen LogP contribution < -0.4 is 10.2 Å². The van der Waals surface area contributed by atoms with Crippen LogP contribution in [0.1, 0.15) is 23.1 Å². The number of aromatic nitrogens is 1. The van der Waals surface area contributed by atoms with Crippen molar-refractivity contribution in [3.8, 4) is 0 Å². The molecule has 1 aliphatic heterocycles. The molecule has 4 rings (SSSR count). The lowest BCUT2D eigenvalue weighted by Crippen LogP contribution is -2.39. The summed E-state index contributed by atoms with van der Waals surface area (Å²) in [7, 11) is 0. The van der Waals surface area contributed by atoms with E-state index in [1.165, 1.54) is 4.90 Å². The van der Waals surface area contributed by atoms with E-state index in [9.17, 15) is 9.59 Å². The van der Waals surface area contributed by atoms with Crippen LogP contribution in [0.15, 0.2) is 65.8 Å². The molecule has 0 aliphatic carbocycles. The molecule has 1 aromatic heterocycles. The van der Waals surface area contributed by atoms with Gasteiger partial charge in [0.05, 0.1) is 22.8 Å². The van der Waals surface area contributed by atoms with Gasteiger partial charge in [-0.15, -0.1) is 0 Å². The van der Waals surface area contributed by atoms with Gasteiger partial charge in [-0.2, -0.15) is 0 Å². The molecule has 0 saturated carbocycles. The Morgan fingerprint density at radius 2 is 1.84 bits per heavy atom. The Hall–Kier alpha value is -3.51. The summed E-state index contributed by atoms with van der Waals surface area (Å²) in [6, 6.07) is 16.8. The summed E-state index contributed by atoms with van der Waals surface area (Å²) in [4.78, 5) is 36.3. The summed E-state index contributed by atoms with van der Waals surface area (Å²) in [5.41, 5.74) is 4.67. The number of halogens is 1. The summed E-state index contributed by atoms with van der Waals surface area (Å²) < 4.78 is 0. The Kier molecular flexibility index (Phi) is 5.82. The number of pyridine rings is 1. The molecule has 2 aromatic carbocycles. The molecular weight excluding hydrogens is 412 g/mol. The second-order valence-electron chi connectivity index (χ2n) is 7.46. The maximum atomic E-state index is 13.1. The first kappa shape index (κ1) is 20.8. The Balaban J connectivity index is 1.60. The number of carbonyl (C=O) groups is 2. The van der Waals surface area contributed by atoms with Crippen LogP contribution in [0.2, 0.25) is 5.02 Å². The van der Waals surface area contributed by atoms with Crippen molar-refractivity contribution in [2.75, 3.05) is 16.8 Å². The normalized spacial score (nSPS) is 13.3. The van der Waals surface area contributed by atoms with Crippen molar-refractivity contribution in [2.24, 2.45) is 4.99 Å². The molecule has 0 fully saturated rings. The largest absolute Gasteiger partial charge is 0.323 e. The van der Waals surface area contributed by atoms with Crippen LogP contribution in [0.25, 0.3) is 0 Å². The number of nitrogens with one attached hydrogen (secondary N) is 1. The molecule has 2 amide bonds. The van der Waals surface area contributed by atoms with Crippen molar-refractivity contribution in [1.82, 2.24) is 4.98 Å². The van der Waals surface area contributed by atoms with Crippen molar-refractivity contribution in [3.63, 3.8) is 0 Å². The van der Waals surface area contributed by atoms with Gasteiger partial charge in [0.25, 0.3) is 0 Å². The number of aliphatic imine (C=N–C) groups is 1. The van der Waals surface area contributed by atoms with Crippen LogP contribution in [0.3, 0.4) is 0 Å². The Labute approximate surface area is 185 Å². The fraction of sp³-hybridized carbons (Fsp3) is 0.167. The number of hydrogen-bond donors (Lipinski definition) is 1. The van der Waals surface area contributed by atoms with E-state index < -0.39 is 0 Å². The number of fused-ring (bicyclic) bond motifs is 1. The zero-order valence-electron chi connectivity index (χ0n) is 17.2. The minimum atomic E-state index is -0.366. The lowest BCUT2D eigenvalue weighted by Gasteiger charge is -2.21. The number of hydrogen-bond acceptors (Lipinski definition) is 4. The van der Waals surface area contributed by atoms with Crippen LogP contribution in [0.4, 0.5) is 17.2 Å². The molecule has 6 nitrogen and oxygen atoms in total. The van der Waals surface area contributed by atoms with E-state index in [4.69, 9.17) is 16.6 Å². The van der Waals surface area contributed by atoms with E-state index in [1.54, 1.807) is 30.5 Å². The van der Waals surface area contributed by atoms with Crippen LogP contribution in [-0.4, -0.2) is 29.1 Å². The van der Waals surface area contributed by atoms with Gasteiger partial charge in [0, 0.05) is 6.20 Å². The summed E-state index contributed by atoms with van der Waals surface area (Å²) >= 11 is 6.22. The van der Waals surface area contributed by atoms with Crippen LogP contribution in [-0.2, 0) is 9.59 Å². The number of nitrogens with zero attached hydrogens (tertiary/aromatic N) is 3. The molecule has 0 atom stereocenters. The second kappa shape index (κ2) is 8.70. The molecule has 1 aliphatic rings. The topological polar surface area (TPSA) is 74.7 Å². The third-order valence-electron chi connectivity index (χ3n) is 4.98. The smallest absolute Gasteiger partial charge is 0.244 e. The first-order valence-electron chi connectivity index (χ1n) is 9.87. The van der Waals surface area contributed by atoms with Gasteiger partial charge in [-0.25, -0.2) is 9.98 Å². The summed E-state index contributed by atoms with van der Waals surface area (Å²) in [6.07, 6.45) is 1.65. The molecule has 0 saturated heterocycles. The molecule has 156 valence electrons. The van der Waals surface area contributed by atoms with Gasteiger partial charge in [0.1, 0.15) is 12.2 Å². The molecule has 0 unspecified atom stereocenters. The van der Waals surface area contributed by atoms with E-state index in [2.05, 4.69) is 10.3 Å². The van der Waals surface area contributed by atoms with E-state index in [1.807, 2.05) is 44.2 Å². The summed E-state index contributed by atoms with van der Waals surface area (Å²) in [5, 5.41) is 3.22. The van der Waals surface area contributed by atoms with Gasteiger partial charge >= 0.3 is 0 Å². The maximum absolute atomic E-state index is 13.1. The van der Waals surface area contributed by atoms with E-state index in [0.717, 1.165) is 16.7 Å². The van der Waals surface area contributed by atoms with Crippen LogP contribution in [0.5, 0.6) is 0 Å². The second-order valence-corrected chi connectivity index (χ2v) is 7.87. The van der Waals surface area contributed by atoms with Crippen LogP contribution >= 0.6 is 11.6 Å². The molecule has 2 heterocycles. The Morgan fingerprint density at radius 1 is 1.10 bits per heavy atom. The first-order chi connectivity index (χ1) is 14.9.